The molecule has 2 aliphatic rings. The van der Waals surface area contributed by atoms with Crippen LogP contribution >= 0.6 is 0 Å². The van der Waals surface area contributed by atoms with E-state index in [0.29, 0.717) is 6.42 Å². The van der Waals surface area contributed by atoms with Gasteiger partial charge in [0.05, 0.1) is 0 Å². The van der Waals surface area contributed by atoms with Gasteiger partial charge in [0, 0.05) is 11.0 Å². The second-order valence-corrected chi connectivity index (χ2v) is 4.72. The first-order chi connectivity index (χ1) is 6.48. The average molecular weight is 197 g/mol. The number of fused-ring (bicyclic) bond motifs is 2. The summed E-state index contributed by atoms with van der Waals surface area (Å²) in [5, 5.41) is 11.3. The molecule has 0 radical (unpaired) electrons. The van der Waals surface area contributed by atoms with Gasteiger partial charge in [0.1, 0.15) is 5.78 Å². The Morgan fingerprint density at radius 1 is 1.21 bits per heavy atom. The number of carbonyl (C=O) groups is 2. The molecule has 2 rings (SSSR count). The quantitative estimate of drug-likeness (QED) is 0.705. The van der Waals surface area contributed by atoms with Gasteiger partial charge in [-0.15, -0.1) is 0 Å². The van der Waals surface area contributed by atoms with Crippen molar-refractivity contribution in [2.24, 2.45) is 5.41 Å². The Morgan fingerprint density at radius 2 is 1.79 bits per heavy atom. The number of nitrogens with one attached hydrogen (secondary N) is 1. The van der Waals surface area contributed by atoms with Crippen LogP contribution in [0.1, 0.15) is 39.0 Å². The largest absolute Gasteiger partial charge is 0.465 e. The number of amides is 1. The molecule has 1 amide bonds. The topological polar surface area (TPSA) is 66.4 Å². The van der Waals surface area contributed by atoms with E-state index in [9.17, 15) is 9.59 Å². The molecule has 0 heterocycles. The van der Waals surface area contributed by atoms with Crippen molar-refractivity contribution in [2.45, 2.75) is 44.6 Å². The summed E-state index contributed by atoms with van der Waals surface area (Å²) in [5.74, 6) is 0.226. The van der Waals surface area contributed by atoms with Gasteiger partial charge >= 0.3 is 6.09 Å². The molecular weight excluding hydrogens is 182 g/mol. The molecular formula is C10H15NO3. The first-order valence-electron chi connectivity index (χ1n) is 5.00. The van der Waals surface area contributed by atoms with Crippen LogP contribution in [0, 0.1) is 5.41 Å². The maximum atomic E-state index is 11.5. The van der Waals surface area contributed by atoms with E-state index >= 15 is 0 Å². The van der Waals surface area contributed by atoms with E-state index in [0.717, 1.165) is 25.7 Å². The molecule has 2 bridgehead atoms. The van der Waals surface area contributed by atoms with Crippen molar-refractivity contribution in [2.75, 3.05) is 0 Å². The number of ketones is 1. The van der Waals surface area contributed by atoms with Crippen LogP contribution in [0.5, 0.6) is 0 Å². The van der Waals surface area contributed by atoms with Crippen molar-refractivity contribution >= 4 is 11.9 Å². The van der Waals surface area contributed by atoms with Crippen LogP contribution in [-0.4, -0.2) is 22.5 Å². The highest BCUT2D eigenvalue weighted by molar-refractivity contribution is 5.84. The summed E-state index contributed by atoms with van der Waals surface area (Å²) in [5.41, 5.74) is -0.500. The third kappa shape index (κ3) is 1.21. The minimum absolute atomic E-state index is 0.206. The Balaban J connectivity index is 2.16. The monoisotopic (exact) mass is 197 g/mol. The summed E-state index contributed by atoms with van der Waals surface area (Å²) in [4.78, 5) is 22.1. The van der Waals surface area contributed by atoms with Crippen LogP contribution in [0.3, 0.4) is 0 Å². The van der Waals surface area contributed by atoms with Crippen molar-refractivity contribution in [3.8, 4) is 0 Å². The first-order valence-corrected chi connectivity index (χ1v) is 5.00. The van der Waals surface area contributed by atoms with E-state index in [1.165, 1.54) is 0 Å². The van der Waals surface area contributed by atoms with Gasteiger partial charge in [0.15, 0.2) is 0 Å². The molecule has 0 aromatic rings. The number of Topliss-reactive ketones (excluding diaryl/α,β-unsaturated/α-hetero) is 1. The van der Waals surface area contributed by atoms with Gasteiger partial charge in [-0.2, -0.15) is 0 Å². The Kier molecular flexibility index (Phi) is 1.84. The Morgan fingerprint density at radius 3 is 2.14 bits per heavy atom. The second kappa shape index (κ2) is 2.72. The lowest BCUT2D eigenvalue weighted by Crippen LogP contribution is -2.44. The van der Waals surface area contributed by atoms with Crippen LogP contribution in [0.4, 0.5) is 4.79 Å². The summed E-state index contributed by atoms with van der Waals surface area (Å²) in [6.07, 6.45) is 3.08. The fraction of sp³-hybridized carbons (Fsp3) is 0.800. The van der Waals surface area contributed by atoms with Gasteiger partial charge in [-0.1, -0.05) is 0 Å². The number of carboxylic acid groups (broad SMARTS) is 1. The van der Waals surface area contributed by atoms with E-state index in [1.807, 2.05) is 0 Å². The third-order valence-electron chi connectivity index (χ3n) is 3.96. The van der Waals surface area contributed by atoms with E-state index in [4.69, 9.17) is 5.11 Å². The van der Waals surface area contributed by atoms with Crippen molar-refractivity contribution in [3.63, 3.8) is 0 Å². The molecule has 0 aromatic heterocycles. The molecule has 2 saturated carbocycles. The highest BCUT2D eigenvalue weighted by atomic mass is 16.4. The lowest BCUT2D eigenvalue weighted by Gasteiger charge is -2.26. The molecule has 0 aromatic carbocycles. The van der Waals surface area contributed by atoms with Gasteiger partial charge < -0.3 is 10.4 Å². The minimum Gasteiger partial charge on any atom is -0.465 e. The number of carbonyl (C=O) groups excluding carboxylic acids is 1. The fourth-order valence-electron chi connectivity index (χ4n) is 3.08. The SMILES string of the molecule is CC(=O)C12CCC(NC(=O)O)(CC1)C2. The van der Waals surface area contributed by atoms with Gasteiger partial charge in [-0.3, -0.25) is 4.79 Å². The van der Waals surface area contributed by atoms with Crippen molar-refractivity contribution in [3.05, 3.63) is 0 Å². The van der Waals surface area contributed by atoms with Gasteiger partial charge in [0.2, 0.25) is 0 Å². The summed E-state index contributed by atoms with van der Waals surface area (Å²) < 4.78 is 0. The predicted octanol–water partition coefficient (Wildman–Crippen LogP) is 1.55. The van der Waals surface area contributed by atoms with Crippen LogP contribution in [0.2, 0.25) is 0 Å². The zero-order valence-corrected chi connectivity index (χ0v) is 8.30. The Hall–Kier alpha value is -1.06. The summed E-state index contributed by atoms with van der Waals surface area (Å²) in [6.45, 7) is 1.63. The van der Waals surface area contributed by atoms with E-state index < -0.39 is 6.09 Å². The zero-order chi connectivity index (χ0) is 10.4. The lowest BCUT2D eigenvalue weighted by atomic mass is 9.81. The molecule has 14 heavy (non-hydrogen) atoms. The average Bonchev–Trinajstić information content (AvgIpc) is 2.58. The maximum Gasteiger partial charge on any atom is 0.405 e. The normalized spacial score (nSPS) is 39.8. The molecule has 4 heteroatoms. The van der Waals surface area contributed by atoms with Crippen molar-refractivity contribution in [1.29, 1.82) is 0 Å². The van der Waals surface area contributed by atoms with Crippen molar-refractivity contribution < 1.29 is 14.7 Å². The van der Waals surface area contributed by atoms with Gasteiger partial charge in [0.25, 0.3) is 0 Å². The second-order valence-electron chi connectivity index (χ2n) is 4.72. The molecule has 0 spiro atoms. The summed E-state index contributed by atoms with van der Waals surface area (Å²) in [6, 6.07) is 0. The predicted molar refractivity (Wildman–Crippen MR) is 50.1 cm³/mol. The fourth-order valence-corrected chi connectivity index (χ4v) is 3.08. The van der Waals surface area contributed by atoms with E-state index in [-0.39, 0.29) is 16.7 Å². The number of rotatable bonds is 2. The minimum atomic E-state index is -0.966. The molecule has 78 valence electrons. The highest BCUT2D eigenvalue weighted by Gasteiger charge is 2.57. The molecule has 2 N–H and O–H groups in total. The van der Waals surface area contributed by atoms with Gasteiger partial charge in [-0.25, -0.2) is 4.79 Å². The van der Waals surface area contributed by atoms with Gasteiger partial charge in [-0.05, 0) is 39.0 Å². The summed E-state index contributed by atoms with van der Waals surface area (Å²) >= 11 is 0. The van der Waals surface area contributed by atoms with Crippen LogP contribution < -0.4 is 5.32 Å². The van der Waals surface area contributed by atoms with E-state index in [2.05, 4.69) is 5.32 Å². The molecule has 0 unspecified atom stereocenters. The standard InChI is InChI=1S/C10H15NO3/c1-7(12)9-2-4-10(6-9,5-3-9)11-8(13)14/h11H,2-6H2,1H3,(H,13,14). The van der Waals surface area contributed by atoms with Crippen LogP contribution in [-0.2, 0) is 4.79 Å². The molecule has 2 fully saturated rings. The van der Waals surface area contributed by atoms with Crippen LogP contribution in [0.15, 0.2) is 0 Å². The van der Waals surface area contributed by atoms with E-state index in [1.54, 1.807) is 6.92 Å². The maximum absolute atomic E-state index is 11.5. The molecule has 0 atom stereocenters. The molecule has 0 aliphatic heterocycles. The summed E-state index contributed by atoms with van der Waals surface area (Å²) in [7, 11) is 0. The number of hydrogen-bond acceptors (Lipinski definition) is 2. The highest BCUT2D eigenvalue weighted by Crippen LogP contribution is 2.56. The smallest absolute Gasteiger partial charge is 0.405 e. The Bertz CT molecular complexity index is 290. The zero-order valence-electron chi connectivity index (χ0n) is 8.30. The van der Waals surface area contributed by atoms with Crippen LogP contribution in [0.25, 0.3) is 0 Å². The molecule has 4 nitrogen and oxygen atoms in total. The first kappa shape index (κ1) is 9.49. The molecule has 2 aliphatic carbocycles. The third-order valence-corrected chi connectivity index (χ3v) is 3.96. The van der Waals surface area contributed by atoms with Crippen molar-refractivity contribution in [1.82, 2.24) is 5.32 Å². The lowest BCUT2D eigenvalue weighted by molar-refractivity contribution is -0.126. The Labute approximate surface area is 82.7 Å². The molecule has 0 saturated heterocycles. The number of hydrogen-bond donors (Lipinski definition) is 2.